The zero-order valence-electron chi connectivity index (χ0n) is 8.16. The quantitative estimate of drug-likeness (QED) is 0.677. The van der Waals surface area contributed by atoms with Gasteiger partial charge in [-0.1, -0.05) is 6.07 Å². The van der Waals surface area contributed by atoms with Gasteiger partial charge in [0.25, 0.3) is 0 Å². The summed E-state index contributed by atoms with van der Waals surface area (Å²) in [6, 6.07) is 4.85. The van der Waals surface area contributed by atoms with Gasteiger partial charge in [0.1, 0.15) is 5.82 Å². The van der Waals surface area contributed by atoms with E-state index >= 15 is 0 Å². The molecule has 0 aromatic heterocycles. The molecule has 4 heteroatoms. The number of nitrogens with zero attached hydrogens (tertiary/aromatic N) is 1. The fourth-order valence-corrected chi connectivity index (χ4v) is 2.41. The molecule has 0 radical (unpaired) electrons. The van der Waals surface area contributed by atoms with Crippen molar-refractivity contribution in [3.05, 3.63) is 29.6 Å². The van der Waals surface area contributed by atoms with Crippen LogP contribution in [0.3, 0.4) is 0 Å². The Hall–Kier alpha value is -1.42. The summed E-state index contributed by atoms with van der Waals surface area (Å²) < 4.78 is 13.1. The van der Waals surface area contributed by atoms with Crippen molar-refractivity contribution >= 4 is 11.6 Å². The van der Waals surface area contributed by atoms with E-state index in [1.807, 2.05) is 0 Å². The maximum Gasteiger partial charge on any atom is 0.241 e. The van der Waals surface area contributed by atoms with Crippen LogP contribution < -0.4 is 10.2 Å². The van der Waals surface area contributed by atoms with Gasteiger partial charge in [-0.05, 0) is 24.1 Å². The normalized spacial score (nSPS) is 23.9. The Labute approximate surface area is 86.9 Å². The molecule has 2 aliphatic rings. The van der Waals surface area contributed by atoms with E-state index in [0.29, 0.717) is 6.54 Å². The van der Waals surface area contributed by atoms with Crippen LogP contribution in [0, 0.1) is 5.82 Å². The van der Waals surface area contributed by atoms with Gasteiger partial charge < -0.3 is 10.2 Å². The van der Waals surface area contributed by atoms with Crippen LogP contribution >= 0.6 is 0 Å². The number of anilines is 1. The van der Waals surface area contributed by atoms with Gasteiger partial charge in [-0.25, -0.2) is 4.39 Å². The smallest absolute Gasteiger partial charge is 0.241 e. The van der Waals surface area contributed by atoms with Crippen molar-refractivity contribution in [2.45, 2.75) is 12.5 Å². The Morgan fingerprint density at radius 2 is 2.33 bits per heavy atom. The van der Waals surface area contributed by atoms with E-state index in [9.17, 15) is 9.18 Å². The lowest BCUT2D eigenvalue weighted by Gasteiger charge is -2.30. The topological polar surface area (TPSA) is 32.3 Å². The van der Waals surface area contributed by atoms with Gasteiger partial charge in [0.05, 0.1) is 18.3 Å². The van der Waals surface area contributed by atoms with E-state index in [1.54, 1.807) is 11.0 Å². The van der Waals surface area contributed by atoms with Crippen LogP contribution in [0.25, 0.3) is 0 Å². The lowest BCUT2D eigenvalue weighted by molar-refractivity contribution is -0.119. The highest BCUT2D eigenvalue weighted by Crippen LogP contribution is 2.33. The number of hydrogen-bond acceptors (Lipinski definition) is 2. The number of carbonyl (C=O) groups excluding carboxylic acids is 1. The van der Waals surface area contributed by atoms with Gasteiger partial charge in [-0.2, -0.15) is 0 Å². The van der Waals surface area contributed by atoms with Gasteiger partial charge in [-0.15, -0.1) is 0 Å². The summed E-state index contributed by atoms with van der Waals surface area (Å²) >= 11 is 0. The summed E-state index contributed by atoms with van der Waals surface area (Å²) in [5.74, 6) is -0.240. The first-order valence-corrected chi connectivity index (χ1v) is 5.07. The Bertz CT molecular complexity index is 433. The Balaban J connectivity index is 2.08. The molecule has 0 spiro atoms. The minimum atomic E-state index is -0.277. The van der Waals surface area contributed by atoms with Crippen LogP contribution in [0.5, 0.6) is 0 Å². The van der Waals surface area contributed by atoms with E-state index in [-0.39, 0.29) is 17.8 Å². The molecule has 78 valence electrons. The van der Waals surface area contributed by atoms with Crippen LogP contribution in [-0.2, 0) is 11.2 Å². The molecule has 1 fully saturated rings. The fourth-order valence-electron chi connectivity index (χ4n) is 2.41. The third-order valence-corrected chi connectivity index (χ3v) is 3.05. The molecule has 3 nitrogen and oxygen atoms in total. The number of carbonyl (C=O) groups is 1. The van der Waals surface area contributed by atoms with Crippen molar-refractivity contribution in [3.8, 4) is 0 Å². The summed E-state index contributed by atoms with van der Waals surface area (Å²) in [5.41, 5.74) is 1.82. The molecule has 3 rings (SSSR count). The standard InChI is InChI=1S/C11H11FN2O/c12-8-2-1-7-3-9-5-13-6-11(15)14(9)10(7)4-8/h1-2,4,9,13H,3,5-6H2. The maximum atomic E-state index is 13.1. The highest BCUT2D eigenvalue weighted by atomic mass is 19.1. The largest absolute Gasteiger partial charge is 0.306 e. The molecule has 1 saturated heterocycles. The fraction of sp³-hybridized carbons (Fsp3) is 0.364. The first-order valence-electron chi connectivity index (χ1n) is 5.07. The Kier molecular flexibility index (Phi) is 1.79. The summed E-state index contributed by atoms with van der Waals surface area (Å²) in [6.07, 6.45) is 0.828. The number of hydrogen-bond donors (Lipinski definition) is 1. The average molecular weight is 206 g/mol. The first-order chi connectivity index (χ1) is 7.25. The minimum absolute atomic E-state index is 0.0376. The second kappa shape index (κ2) is 3.03. The number of nitrogens with one attached hydrogen (secondary N) is 1. The number of amides is 1. The number of halogens is 1. The van der Waals surface area contributed by atoms with E-state index in [0.717, 1.165) is 24.2 Å². The van der Waals surface area contributed by atoms with Gasteiger partial charge in [0, 0.05) is 6.54 Å². The van der Waals surface area contributed by atoms with E-state index in [1.165, 1.54) is 12.1 Å². The Morgan fingerprint density at radius 1 is 1.47 bits per heavy atom. The van der Waals surface area contributed by atoms with Crippen LogP contribution in [0.2, 0.25) is 0 Å². The van der Waals surface area contributed by atoms with Gasteiger partial charge in [0.2, 0.25) is 5.91 Å². The summed E-state index contributed by atoms with van der Waals surface area (Å²) in [6.45, 7) is 1.15. The van der Waals surface area contributed by atoms with Gasteiger partial charge in [-0.3, -0.25) is 4.79 Å². The molecule has 0 aliphatic carbocycles. The van der Waals surface area contributed by atoms with Crippen LogP contribution in [0.15, 0.2) is 18.2 Å². The number of rotatable bonds is 0. The number of fused-ring (bicyclic) bond motifs is 3. The molecule has 1 atom stereocenters. The molecule has 15 heavy (non-hydrogen) atoms. The van der Waals surface area contributed by atoms with E-state index < -0.39 is 0 Å². The van der Waals surface area contributed by atoms with Crippen molar-refractivity contribution in [1.82, 2.24) is 5.32 Å². The third kappa shape index (κ3) is 1.25. The maximum absolute atomic E-state index is 13.1. The Morgan fingerprint density at radius 3 is 3.20 bits per heavy atom. The molecular weight excluding hydrogens is 195 g/mol. The molecule has 2 heterocycles. The lowest BCUT2D eigenvalue weighted by atomic mass is 10.1. The molecule has 1 N–H and O–H groups in total. The summed E-state index contributed by atoms with van der Waals surface area (Å²) in [5, 5.41) is 3.07. The van der Waals surface area contributed by atoms with Crippen molar-refractivity contribution < 1.29 is 9.18 Å². The summed E-state index contributed by atoms with van der Waals surface area (Å²) in [4.78, 5) is 13.4. The monoisotopic (exact) mass is 206 g/mol. The van der Waals surface area contributed by atoms with Crippen molar-refractivity contribution in [2.75, 3.05) is 18.0 Å². The second-order valence-corrected chi connectivity index (χ2v) is 4.03. The molecule has 1 aromatic rings. The highest BCUT2D eigenvalue weighted by molar-refractivity contribution is 5.98. The van der Waals surface area contributed by atoms with Crippen LogP contribution in [-0.4, -0.2) is 25.0 Å². The van der Waals surface area contributed by atoms with Crippen LogP contribution in [0.1, 0.15) is 5.56 Å². The third-order valence-electron chi connectivity index (χ3n) is 3.05. The van der Waals surface area contributed by atoms with Gasteiger partial charge in [0.15, 0.2) is 0 Å². The molecule has 2 aliphatic heterocycles. The second-order valence-electron chi connectivity index (χ2n) is 4.03. The lowest BCUT2D eigenvalue weighted by Crippen LogP contribution is -2.53. The summed E-state index contributed by atoms with van der Waals surface area (Å²) in [7, 11) is 0. The minimum Gasteiger partial charge on any atom is -0.306 e. The van der Waals surface area contributed by atoms with Crippen LogP contribution in [0.4, 0.5) is 10.1 Å². The SMILES string of the molecule is O=C1CNCC2Cc3ccc(F)cc3N12. The molecule has 1 unspecified atom stereocenters. The van der Waals surface area contributed by atoms with Crippen molar-refractivity contribution in [3.63, 3.8) is 0 Å². The molecular formula is C11H11FN2O. The first kappa shape index (κ1) is 8.85. The average Bonchev–Trinajstić information content (AvgIpc) is 2.57. The van der Waals surface area contributed by atoms with Crippen molar-refractivity contribution in [1.29, 1.82) is 0 Å². The van der Waals surface area contributed by atoms with Gasteiger partial charge >= 0.3 is 0 Å². The molecule has 0 saturated carbocycles. The zero-order valence-corrected chi connectivity index (χ0v) is 8.16. The number of benzene rings is 1. The molecule has 1 amide bonds. The predicted molar refractivity (Wildman–Crippen MR) is 54.2 cm³/mol. The number of piperazine rings is 1. The van der Waals surface area contributed by atoms with E-state index in [2.05, 4.69) is 5.32 Å². The van der Waals surface area contributed by atoms with Crippen molar-refractivity contribution in [2.24, 2.45) is 0 Å². The highest BCUT2D eigenvalue weighted by Gasteiger charge is 2.36. The van der Waals surface area contributed by atoms with E-state index in [4.69, 9.17) is 0 Å². The molecule has 1 aromatic carbocycles. The predicted octanol–water partition coefficient (Wildman–Crippen LogP) is 0.687. The molecule has 0 bridgehead atoms. The zero-order chi connectivity index (χ0) is 10.4.